The monoisotopic (exact) mass is 208 g/mol. The maximum Gasteiger partial charge on any atom is 0.303 e. The third kappa shape index (κ3) is 2.49. The first-order valence-corrected chi connectivity index (χ1v) is 4.94. The summed E-state index contributed by atoms with van der Waals surface area (Å²) in [5.41, 5.74) is 2.79. The zero-order valence-corrected chi connectivity index (χ0v) is 9.24. The van der Waals surface area contributed by atoms with Gasteiger partial charge in [-0.3, -0.25) is 4.79 Å². The third-order valence-corrected chi connectivity index (χ3v) is 2.74. The summed E-state index contributed by atoms with van der Waals surface area (Å²) in [6.07, 6.45) is 0.0395. The van der Waals surface area contributed by atoms with Gasteiger partial charge in [-0.25, -0.2) is 0 Å². The van der Waals surface area contributed by atoms with Gasteiger partial charge >= 0.3 is 5.97 Å². The zero-order chi connectivity index (χ0) is 11.6. The molecule has 0 radical (unpaired) electrons. The lowest BCUT2D eigenvalue weighted by Crippen LogP contribution is -2.05. The highest BCUT2D eigenvalue weighted by atomic mass is 16.4. The minimum atomic E-state index is -0.845. The summed E-state index contributed by atoms with van der Waals surface area (Å²) >= 11 is 0. The van der Waals surface area contributed by atoms with Gasteiger partial charge in [-0.2, -0.15) is 0 Å². The van der Waals surface area contributed by atoms with Gasteiger partial charge in [-0.1, -0.05) is 13.0 Å². The predicted molar refractivity (Wildman–Crippen MR) is 58.2 cm³/mol. The van der Waals surface area contributed by atoms with Crippen molar-refractivity contribution in [2.75, 3.05) is 0 Å². The van der Waals surface area contributed by atoms with Gasteiger partial charge < -0.3 is 10.2 Å². The standard InChI is InChI=1S/C12H16O3/c1-7-4-5-10(13)12(9(7)3)8(2)6-11(14)15/h4-5,8,13H,6H2,1-3H3,(H,14,15). The number of aliphatic carboxylic acids is 1. The Labute approximate surface area is 89.4 Å². The maximum atomic E-state index is 10.6. The molecule has 0 aliphatic rings. The van der Waals surface area contributed by atoms with Crippen LogP contribution in [0.4, 0.5) is 0 Å². The van der Waals surface area contributed by atoms with Crippen molar-refractivity contribution < 1.29 is 15.0 Å². The van der Waals surface area contributed by atoms with Crippen LogP contribution >= 0.6 is 0 Å². The van der Waals surface area contributed by atoms with Crippen molar-refractivity contribution in [2.24, 2.45) is 0 Å². The van der Waals surface area contributed by atoms with Crippen molar-refractivity contribution in [3.63, 3.8) is 0 Å². The number of phenols is 1. The van der Waals surface area contributed by atoms with E-state index in [9.17, 15) is 9.90 Å². The van der Waals surface area contributed by atoms with Gasteiger partial charge in [0.2, 0.25) is 0 Å². The Hall–Kier alpha value is -1.51. The number of carbonyl (C=O) groups is 1. The quantitative estimate of drug-likeness (QED) is 0.802. The molecule has 3 heteroatoms. The van der Waals surface area contributed by atoms with E-state index in [2.05, 4.69) is 0 Å². The molecule has 1 aromatic rings. The van der Waals surface area contributed by atoms with Crippen LogP contribution in [0.1, 0.15) is 36.0 Å². The Morgan fingerprint density at radius 1 is 1.40 bits per heavy atom. The van der Waals surface area contributed by atoms with Crippen LogP contribution in [-0.4, -0.2) is 16.2 Å². The SMILES string of the molecule is Cc1ccc(O)c(C(C)CC(=O)O)c1C. The van der Waals surface area contributed by atoms with Gasteiger partial charge in [0, 0.05) is 5.56 Å². The average molecular weight is 208 g/mol. The fourth-order valence-corrected chi connectivity index (χ4v) is 1.81. The summed E-state index contributed by atoms with van der Waals surface area (Å²) < 4.78 is 0. The van der Waals surface area contributed by atoms with Crippen molar-refractivity contribution in [3.05, 3.63) is 28.8 Å². The molecule has 82 valence electrons. The highest BCUT2D eigenvalue weighted by Gasteiger charge is 2.17. The number of carboxylic acids is 1. The van der Waals surface area contributed by atoms with E-state index in [1.807, 2.05) is 26.8 Å². The molecule has 1 aromatic carbocycles. The molecule has 1 atom stereocenters. The third-order valence-electron chi connectivity index (χ3n) is 2.74. The first-order valence-electron chi connectivity index (χ1n) is 4.94. The second-order valence-corrected chi connectivity index (χ2v) is 3.94. The molecule has 0 spiro atoms. The van der Waals surface area contributed by atoms with Gasteiger partial charge in [-0.15, -0.1) is 0 Å². The van der Waals surface area contributed by atoms with Crippen LogP contribution in [-0.2, 0) is 4.79 Å². The largest absolute Gasteiger partial charge is 0.508 e. The van der Waals surface area contributed by atoms with Crippen molar-refractivity contribution >= 4 is 5.97 Å². The molecule has 15 heavy (non-hydrogen) atoms. The van der Waals surface area contributed by atoms with E-state index in [1.165, 1.54) is 0 Å². The van der Waals surface area contributed by atoms with Crippen LogP contribution in [0.5, 0.6) is 5.75 Å². The number of rotatable bonds is 3. The number of benzene rings is 1. The molecule has 0 amide bonds. The number of hydrogen-bond acceptors (Lipinski definition) is 2. The smallest absolute Gasteiger partial charge is 0.303 e. The van der Waals surface area contributed by atoms with Crippen molar-refractivity contribution in [1.82, 2.24) is 0 Å². The van der Waals surface area contributed by atoms with E-state index in [1.54, 1.807) is 6.07 Å². The minimum absolute atomic E-state index is 0.0395. The molecule has 3 nitrogen and oxygen atoms in total. The van der Waals surface area contributed by atoms with Crippen molar-refractivity contribution in [2.45, 2.75) is 33.1 Å². The van der Waals surface area contributed by atoms with Crippen LogP contribution in [0.3, 0.4) is 0 Å². The number of aryl methyl sites for hydroxylation is 1. The summed E-state index contributed by atoms with van der Waals surface area (Å²) in [6.45, 7) is 5.67. The van der Waals surface area contributed by atoms with Gasteiger partial charge in [0.05, 0.1) is 6.42 Å². The molecule has 0 heterocycles. The van der Waals surface area contributed by atoms with Crippen LogP contribution < -0.4 is 0 Å². The molecule has 0 saturated heterocycles. The van der Waals surface area contributed by atoms with Gasteiger partial charge in [0.15, 0.2) is 0 Å². The first kappa shape index (κ1) is 11.6. The summed E-state index contributed by atoms with van der Waals surface area (Å²) in [5, 5.41) is 18.4. The fourth-order valence-electron chi connectivity index (χ4n) is 1.81. The van der Waals surface area contributed by atoms with Gasteiger partial charge in [-0.05, 0) is 37.0 Å². The van der Waals surface area contributed by atoms with Crippen LogP contribution in [0.15, 0.2) is 12.1 Å². The average Bonchev–Trinajstić information content (AvgIpc) is 2.11. The Morgan fingerprint density at radius 3 is 2.53 bits per heavy atom. The highest BCUT2D eigenvalue weighted by Crippen LogP contribution is 2.32. The number of carboxylic acid groups (broad SMARTS) is 1. The van der Waals surface area contributed by atoms with E-state index in [4.69, 9.17) is 5.11 Å². The molecule has 0 aliphatic heterocycles. The summed E-state index contributed by atoms with van der Waals surface area (Å²) in [4.78, 5) is 10.6. The minimum Gasteiger partial charge on any atom is -0.508 e. The molecule has 2 N–H and O–H groups in total. The predicted octanol–water partition coefficient (Wildman–Crippen LogP) is 2.59. The molecule has 1 unspecified atom stereocenters. The van der Waals surface area contributed by atoms with E-state index in [0.29, 0.717) is 0 Å². The molecule has 0 aliphatic carbocycles. The van der Waals surface area contributed by atoms with Crippen LogP contribution in [0.25, 0.3) is 0 Å². The molecular formula is C12H16O3. The van der Waals surface area contributed by atoms with Crippen LogP contribution in [0, 0.1) is 13.8 Å². The Kier molecular flexibility index (Phi) is 3.35. The summed E-state index contributed by atoms with van der Waals surface area (Å²) in [6, 6.07) is 3.46. The lowest BCUT2D eigenvalue weighted by molar-refractivity contribution is -0.137. The normalized spacial score (nSPS) is 12.5. The maximum absolute atomic E-state index is 10.6. The van der Waals surface area contributed by atoms with E-state index in [-0.39, 0.29) is 18.1 Å². The molecule has 0 aromatic heterocycles. The fraction of sp³-hybridized carbons (Fsp3) is 0.417. The zero-order valence-electron chi connectivity index (χ0n) is 9.24. The molecule has 1 rings (SSSR count). The Morgan fingerprint density at radius 2 is 2.00 bits per heavy atom. The second kappa shape index (κ2) is 4.34. The molecule has 0 fully saturated rings. The highest BCUT2D eigenvalue weighted by molar-refractivity contribution is 5.68. The van der Waals surface area contributed by atoms with Gasteiger partial charge in [0.1, 0.15) is 5.75 Å². The van der Waals surface area contributed by atoms with Crippen molar-refractivity contribution in [3.8, 4) is 5.75 Å². The lowest BCUT2D eigenvalue weighted by atomic mass is 9.90. The first-order chi connectivity index (χ1) is 6.93. The van der Waals surface area contributed by atoms with E-state index < -0.39 is 5.97 Å². The van der Waals surface area contributed by atoms with E-state index in [0.717, 1.165) is 16.7 Å². The second-order valence-electron chi connectivity index (χ2n) is 3.94. The van der Waals surface area contributed by atoms with Gasteiger partial charge in [0.25, 0.3) is 0 Å². The topological polar surface area (TPSA) is 57.5 Å². The Balaban J connectivity index is 3.12. The number of hydrogen-bond donors (Lipinski definition) is 2. The molecule has 0 saturated carbocycles. The number of aromatic hydroxyl groups is 1. The molecular weight excluding hydrogens is 192 g/mol. The Bertz CT molecular complexity index is 383. The van der Waals surface area contributed by atoms with E-state index >= 15 is 0 Å². The summed E-state index contributed by atoms with van der Waals surface area (Å²) in [7, 11) is 0. The number of phenolic OH excluding ortho intramolecular Hbond substituents is 1. The summed E-state index contributed by atoms with van der Waals surface area (Å²) in [5.74, 6) is -0.822. The van der Waals surface area contributed by atoms with Crippen LogP contribution in [0.2, 0.25) is 0 Å². The molecule has 0 bridgehead atoms. The lowest BCUT2D eigenvalue weighted by Gasteiger charge is -2.16. The van der Waals surface area contributed by atoms with Crippen molar-refractivity contribution in [1.29, 1.82) is 0 Å².